The second kappa shape index (κ2) is 23.3. The first-order valence-corrected chi connectivity index (χ1v) is 35.7. The van der Waals surface area contributed by atoms with Gasteiger partial charge in [-0.05, 0) is 35.4 Å². The summed E-state index contributed by atoms with van der Waals surface area (Å²) in [4.78, 5) is 12.6. The Kier molecular flexibility index (Phi) is 13.4. The Hall–Kier alpha value is -12.3. The van der Waals surface area contributed by atoms with E-state index in [-0.39, 0.29) is 27.9 Å². The van der Waals surface area contributed by atoms with Gasteiger partial charge in [-0.25, -0.2) is 0 Å². The molecule has 4 aliphatic heterocycles. The van der Waals surface area contributed by atoms with E-state index in [4.69, 9.17) is 4.74 Å². The third-order valence-corrected chi connectivity index (χ3v) is 22.9. The molecule has 0 amide bonds. The monoisotopic (exact) mass is 1330 g/mol. The smallest absolute Gasteiger partial charge is 0.0543 e. The molecular formula is C90H59B2N5OSe. The largest absolute Gasteiger partial charge is 0.0616 e. The summed E-state index contributed by atoms with van der Waals surface area (Å²) >= 11 is -0.00297. The van der Waals surface area contributed by atoms with Crippen molar-refractivity contribution in [2.75, 3.05) is 24.5 Å². The van der Waals surface area contributed by atoms with Crippen LogP contribution in [0.2, 0.25) is 0 Å². The topological polar surface area (TPSA) is 25.4 Å². The second-order valence-electron chi connectivity index (χ2n) is 25.8. The number of ether oxygens (including phenoxy) is 1. The molecule has 5 heterocycles. The Morgan fingerprint density at radius 1 is 0.273 bits per heavy atom. The van der Waals surface area contributed by atoms with E-state index < -0.39 is 0 Å². The van der Waals surface area contributed by atoms with Crippen molar-refractivity contribution in [3.63, 3.8) is 0 Å². The first-order chi connectivity index (χ1) is 49.2. The fourth-order valence-electron chi connectivity index (χ4n) is 16.3. The Bertz CT molecular complexity index is 5800. The Morgan fingerprint density at radius 3 is 1.40 bits per heavy atom. The molecule has 0 radical (unpaired) electrons. The van der Waals surface area contributed by atoms with E-state index in [1.54, 1.807) is 0 Å². The van der Waals surface area contributed by atoms with Crippen molar-refractivity contribution in [1.29, 1.82) is 0 Å². The number of hydrogen-bond donors (Lipinski definition) is 0. The van der Waals surface area contributed by atoms with Gasteiger partial charge in [0.25, 0.3) is 0 Å². The molecule has 4 aliphatic rings. The second-order valence-corrected chi connectivity index (χ2v) is 28.1. The molecule has 9 heteroatoms. The van der Waals surface area contributed by atoms with Gasteiger partial charge in [0, 0.05) is 11.1 Å². The van der Waals surface area contributed by atoms with Crippen LogP contribution in [0.25, 0.3) is 41.5 Å². The zero-order valence-electron chi connectivity index (χ0n) is 53.8. The van der Waals surface area contributed by atoms with Gasteiger partial charge >= 0.3 is 424 Å². The van der Waals surface area contributed by atoms with E-state index in [9.17, 15) is 0 Å². The average molecular weight is 1330 g/mol. The molecule has 0 atom stereocenters. The van der Waals surface area contributed by atoms with Gasteiger partial charge in [0.05, 0.1) is 0 Å². The number of rotatable bonds is 11. The minimum Gasteiger partial charge on any atom is -0.0616 e. The molecule has 20 rings (SSSR count). The zero-order valence-corrected chi connectivity index (χ0v) is 55.5. The number of hydrogen-bond acceptors (Lipinski definition) is 6. The Morgan fingerprint density at radius 2 is 0.737 bits per heavy atom. The van der Waals surface area contributed by atoms with Gasteiger partial charge in [-0.3, -0.25) is 0 Å². The maximum absolute atomic E-state index is 8.03. The number of fused-ring (bicyclic) bond motifs is 11. The SMILES string of the molecule is c1ccc(-c2ccccc2N(c2ccccc2)c2cc3c4c(c2)N(c2ccccc2-c2ccccc2)c2ccccc2B4c2cc4c(cc2O3)N(c2cccc3c2[se]c2ccccc23)c2cc(N(c3ccccc3)c3ccccc3)cc3c2B4c2ccccc2N3c2ccccc2)cc1. The van der Waals surface area contributed by atoms with Gasteiger partial charge in [0.2, 0.25) is 0 Å². The summed E-state index contributed by atoms with van der Waals surface area (Å²) in [6.07, 6.45) is 0. The van der Waals surface area contributed by atoms with E-state index >= 15 is 0 Å². The van der Waals surface area contributed by atoms with Crippen LogP contribution in [-0.4, -0.2) is 27.9 Å². The molecule has 6 nitrogen and oxygen atoms in total. The van der Waals surface area contributed by atoms with Gasteiger partial charge in [-0.15, -0.1) is 0 Å². The average Bonchev–Trinajstić information content (AvgIpc) is 1.28. The zero-order chi connectivity index (χ0) is 65.1. The van der Waals surface area contributed by atoms with Crippen LogP contribution in [0.3, 0.4) is 0 Å². The first kappa shape index (κ1) is 57.0. The maximum Gasteiger partial charge on any atom is -0.0543 e. The van der Waals surface area contributed by atoms with Crippen LogP contribution >= 0.6 is 0 Å². The standard InChI is InChI=1S/C90H59B2N5OSe/c1-7-30-60(31-8-1)68-42-19-24-48-76(68)94(64-38-15-5-16-39-64)67-56-84-89-86(57-67)98-85-59-81-74(58-75(85)92(89)73-47-23-27-51-79(73)96(84)77-49-25-20-43-69(77)61-32-9-2-10-33-61)91-72-46-22-26-50-78(72)95(65-40-17-6-18-41-65)82-54-66(93(62-34-11-3-12-35-62)63-36-13-4-14-37-63)55-83(88(82)91)97(81)80-52-29-45-71-70-44-21-28-53-87(70)99-90(71)80/h1-59H. The maximum atomic E-state index is 8.03. The van der Waals surface area contributed by atoms with Crippen molar-refractivity contribution >= 4 is 165 Å². The number of nitrogens with zero attached hydrogens (tertiary/aromatic N) is 5. The fourth-order valence-corrected chi connectivity index (χ4v) is 18.8. The van der Waals surface area contributed by atoms with Crippen LogP contribution in [-0.2, 0) is 0 Å². The first-order valence-electron chi connectivity index (χ1n) is 34.0. The van der Waals surface area contributed by atoms with Gasteiger partial charge in [0.1, 0.15) is 0 Å². The van der Waals surface area contributed by atoms with Crippen molar-refractivity contribution < 1.29 is 4.74 Å². The third-order valence-electron chi connectivity index (χ3n) is 20.4. The summed E-state index contributed by atoms with van der Waals surface area (Å²) in [6.45, 7) is -0.435. The van der Waals surface area contributed by atoms with E-state index in [0.29, 0.717) is 0 Å². The summed E-state index contributed by atoms with van der Waals surface area (Å²) < 4.78 is 10.8. The molecule has 0 aliphatic carbocycles. The van der Waals surface area contributed by atoms with Crippen LogP contribution in [0.4, 0.5) is 85.3 Å². The number of anilines is 15. The van der Waals surface area contributed by atoms with Crippen LogP contribution < -0.4 is 62.0 Å². The Balaban J connectivity index is 0.890. The molecule has 0 spiro atoms. The summed E-state index contributed by atoms with van der Waals surface area (Å²) in [6, 6.07) is 132. The quantitative estimate of drug-likeness (QED) is 0.120. The fraction of sp³-hybridized carbons (Fsp3) is 0. The molecule has 0 saturated carbocycles. The number of benzene rings is 15. The third kappa shape index (κ3) is 9.12. The number of para-hydroxylation sites is 8. The normalized spacial score (nSPS) is 12.8. The molecule has 0 fully saturated rings. The van der Waals surface area contributed by atoms with E-state index in [2.05, 4.69) is 382 Å². The van der Waals surface area contributed by atoms with Crippen LogP contribution in [0, 0.1) is 0 Å². The van der Waals surface area contributed by atoms with Crippen LogP contribution in [0.5, 0.6) is 11.5 Å². The molecule has 99 heavy (non-hydrogen) atoms. The van der Waals surface area contributed by atoms with Crippen molar-refractivity contribution in [3.05, 3.63) is 358 Å². The molecule has 0 unspecified atom stereocenters. The van der Waals surface area contributed by atoms with Crippen LogP contribution in [0.15, 0.2) is 358 Å². The minimum atomic E-state index is -0.239. The van der Waals surface area contributed by atoms with E-state index in [0.717, 1.165) is 124 Å². The van der Waals surface area contributed by atoms with E-state index in [1.165, 1.54) is 46.8 Å². The van der Waals surface area contributed by atoms with Gasteiger partial charge in [-0.1, -0.05) is 115 Å². The Labute approximate surface area is 582 Å². The molecule has 0 saturated heterocycles. The van der Waals surface area contributed by atoms with E-state index in [1.807, 2.05) is 0 Å². The van der Waals surface area contributed by atoms with Crippen molar-refractivity contribution in [3.8, 4) is 33.8 Å². The molecule has 462 valence electrons. The predicted molar refractivity (Wildman–Crippen MR) is 419 cm³/mol. The molecular weight excluding hydrogens is 1270 g/mol. The minimum absolute atomic E-state index is 0.00297. The molecule has 0 bridgehead atoms. The van der Waals surface area contributed by atoms with Gasteiger partial charge < -0.3 is 0 Å². The molecule has 1 aromatic heterocycles. The van der Waals surface area contributed by atoms with Crippen molar-refractivity contribution in [2.24, 2.45) is 0 Å². The van der Waals surface area contributed by atoms with Gasteiger partial charge in [0.15, 0.2) is 0 Å². The van der Waals surface area contributed by atoms with Crippen molar-refractivity contribution in [1.82, 2.24) is 0 Å². The molecule has 0 N–H and O–H groups in total. The van der Waals surface area contributed by atoms with Crippen molar-refractivity contribution in [2.45, 2.75) is 0 Å². The summed E-state index contributed by atoms with van der Waals surface area (Å²) in [5, 5.41) is 2.61. The summed E-state index contributed by atoms with van der Waals surface area (Å²) in [5.74, 6) is 1.64. The van der Waals surface area contributed by atoms with Gasteiger partial charge in [-0.2, -0.15) is 0 Å². The van der Waals surface area contributed by atoms with Crippen LogP contribution in [0.1, 0.15) is 0 Å². The summed E-state index contributed by atoms with van der Waals surface area (Å²) in [7, 11) is 0. The summed E-state index contributed by atoms with van der Waals surface area (Å²) in [5.41, 5.74) is 28.0. The molecule has 15 aromatic carbocycles. The molecule has 16 aromatic rings. The predicted octanol–water partition coefficient (Wildman–Crippen LogP) is 19.8.